The molecule has 8 nitrogen and oxygen atoms in total. The summed E-state index contributed by atoms with van der Waals surface area (Å²) in [5, 5.41) is 14.4. The largest absolute Gasteiger partial charge is 0.393 e. The van der Waals surface area contributed by atoms with Gasteiger partial charge < -0.3 is 14.8 Å². The molecule has 0 saturated carbocycles. The van der Waals surface area contributed by atoms with Crippen LogP contribution in [0.25, 0.3) is 21.1 Å². The Morgan fingerprint density at radius 3 is 2.67 bits per heavy atom. The molecule has 2 unspecified atom stereocenters. The van der Waals surface area contributed by atoms with E-state index in [2.05, 4.69) is 51.8 Å². The summed E-state index contributed by atoms with van der Waals surface area (Å²) in [7, 11) is 0. The van der Waals surface area contributed by atoms with Gasteiger partial charge in [0.15, 0.2) is 0 Å². The minimum Gasteiger partial charge on any atom is -0.356 e. The van der Waals surface area contributed by atoms with E-state index in [1.165, 1.54) is 5.56 Å². The van der Waals surface area contributed by atoms with Gasteiger partial charge in [0, 0.05) is 60.6 Å². The number of nitrogens with zero attached hydrogens (tertiary/aromatic N) is 6. The van der Waals surface area contributed by atoms with E-state index in [4.69, 9.17) is 4.98 Å². The van der Waals surface area contributed by atoms with Gasteiger partial charge in [-0.15, -0.1) is 11.3 Å². The van der Waals surface area contributed by atoms with Crippen LogP contribution in [0.5, 0.6) is 0 Å². The lowest BCUT2D eigenvalue weighted by atomic mass is 9.88. The van der Waals surface area contributed by atoms with Crippen LogP contribution in [0.15, 0.2) is 36.5 Å². The first-order chi connectivity index (χ1) is 21.4. The summed E-state index contributed by atoms with van der Waals surface area (Å²) in [6.07, 6.45) is -3.86. The molecule has 236 valence electrons. The van der Waals surface area contributed by atoms with E-state index in [-0.39, 0.29) is 10.8 Å². The third-order valence-corrected chi connectivity index (χ3v) is 10.1. The standard InChI is InChI=1S/C33H36F3N7OS/c1-5-30(44)38-19(2)14-43-25(13-37)10-27-20(3)22(6-7-29(27)43)15-41-16-23-8-9-42(18-24(23)17-41)31-28-11-26(12-33(34,35)36)45-32(28)40-21(4)39-31/h6-7,10-11,23-24H,2,5,8-9,12,14-18H2,1,3-4H3,(H,38,44). The van der Waals surface area contributed by atoms with Gasteiger partial charge in [-0.3, -0.25) is 9.69 Å². The number of alkyl halides is 3. The molecule has 1 amide bonds. The highest BCUT2D eigenvalue weighted by Gasteiger charge is 2.38. The van der Waals surface area contributed by atoms with E-state index in [0.29, 0.717) is 52.2 Å². The van der Waals surface area contributed by atoms with Crippen molar-refractivity contribution >= 4 is 44.2 Å². The van der Waals surface area contributed by atoms with Gasteiger partial charge in [-0.2, -0.15) is 18.4 Å². The van der Waals surface area contributed by atoms with E-state index in [1.807, 2.05) is 10.6 Å². The fourth-order valence-corrected chi connectivity index (χ4v) is 7.98. The normalized spacial score (nSPS) is 18.8. The number of rotatable bonds is 8. The van der Waals surface area contributed by atoms with Gasteiger partial charge in [-0.25, -0.2) is 9.97 Å². The lowest BCUT2D eigenvalue weighted by Gasteiger charge is -2.35. The third kappa shape index (κ3) is 6.42. The van der Waals surface area contributed by atoms with Crippen molar-refractivity contribution < 1.29 is 18.0 Å². The highest BCUT2D eigenvalue weighted by atomic mass is 32.1. The molecule has 2 saturated heterocycles. The molecule has 12 heteroatoms. The van der Waals surface area contributed by atoms with Crippen LogP contribution >= 0.6 is 11.3 Å². The minimum absolute atomic E-state index is 0.107. The summed E-state index contributed by atoms with van der Waals surface area (Å²) in [4.78, 5) is 26.6. The van der Waals surface area contributed by atoms with Crippen molar-refractivity contribution in [3.8, 4) is 6.07 Å². The van der Waals surface area contributed by atoms with Crippen molar-refractivity contribution in [2.45, 2.75) is 59.3 Å². The number of amides is 1. The SMILES string of the molecule is C=C(Cn1c(C#N)cc2c(C)c(CN3CC4CCN(c5nc(C)nc6sc(CC(F)(F)F)cc56)CC4C3)ccc21)NC(=O)CC. The number of hydrogen-bond donors (Lipinski definition) is 1. The molecule has 1 aromatic carbocycles. The average molecular weight is 636 g/mol. The number of anilines is 1. The number of hydrogen-bond acceptors (Lipinski definition) is 7. The quantitative estimate of drug-likeness (QED) is 0.247. The van der Waals surface area contributed by atoms with Gasteiger partial charge in [0.2, 0.25) is 5.91 Å². The van der Waals surface area contributed by atoms with Gasteiger partial charge in [0.1, 0.15) is 28.2 Å². The smallest absolute Gasteiger partial charge is 0.356 e. The summed E-state index contributed by atoms with van der Waals surface area (Å²) in [6, 6.07) is 10.0. The van der Waals surface area contributed by atoms with E-state index in [0.717, 1.165) is 72.8 Å². The molecular formula is C33H36F3N7OS. The van der Waals surface area contributed by atoms with Crippen molar-refractivity contribution in [1.82, 2.24) is 24.8 Å². The monoisotopic (exact) mass is 635 g/mol. The predicted molar refractivity (Wildman–Crippen MR) is 170 cm³/mol. The summed E-state index contributed by atoms with van der Waals surface area (Å²) < 4.78 is 41.2. The van der Waals surface area contributed by atoms with Crippen LogP contribution in [0.1, 0.15) is 47.3 Å². The van der Waals surface area contributed by atoms with Crippen LogP contribution in [-0.2, 0) is 24.3 Å². The number of fused-ring (bicyclic) bond motifs is 3. The molecule has 0 spiro atoms. The van der Waals surface area contributed by atoms with Crippen LogP contribution in [0.2, 0.25) is 0 Å². The van der Waals surface area contributed by atoms with Gasteiger partial charge in [-0.1, -0.05) is 19.6 Å². The maximum absolute atomic E-state index is 13.1. The molecular weight excluding hydrogens is 599 g/mol. The number of nitrogens with one attached hydrogen (secondary N) is 1. The Morgan fingerprint density at radius 2 is 1.93 bits per heavy atom. The second-order valence-electron chi connectivity index (χ2n) is 12.3. The number of allylic oxidation sites excluding steroid dienone is 1. The molecule has 6 rings (SSSR count). The van der Waals surface area contributed by atoms with E-state index < -0.39 is 12.6 Å². The molecule has 2 fully saturated rings. The highest BCUT2D eigenvalue weighted by molar-refractivity contribution is 7.18. The molecule has 4 aromatic rings. The van der Waals surface area contributed by atoms with Gasteiger partial charge in [0.25, 0.3) is 0 Å². The second kappa shape index (κ2) is 12.1. The molecule has 2 atom stereocenters. The number of halogens is 3. The summed E-state index contributed by atoms with van der Waals surface area (Å²) in [6.45, 7) is 14.3. The van der Waals surface area contributed by atoms with Gasteiger partial charge in [0.05, 0.1) is 18.4 Å². The zero-order valence-corrected chi connectivity index (χ0v) is 26.5. The first-order valence-corrected chi connectivity index (χ1v) is 16.0. The summed E-state index contributed by atoms with van der Waals surface area (Å²) in [5.74, 6) is 2.18. The average Bonchev–Trinajstić information content (AvgIpc) is 3.67. The number of piperidine rings is 1. The van der Waals surface area contributed by atoms with Crippen molar-refractivity contribution in [2.75, 3.05) is 31.1 Å². The lowest BCUT2D eigenvalue weighted by molar-refractivity contribution is -0.126. The molecule has 3 aromatic heterocycles. The summed E-state index contributed by atoms with van der Waals surface area (Å²) in [5.41, 5.74) is 4.35. The maximum atomic E-state index is 13.1. The minimum atomic E-state index is -4.26. The number of aryl methyl sites for hydroxylation is 2. The number of benzene rings is 1. The van der Waals surface area contributed by atoms with Crippen molar-refractivity contribution in [1.29, 1.82) is 5.26 Å². The number of likely N-dealkylation sites (tertiary alicyclic amines) is 1. The molecule has 0 radical (unpaired) electrons. The van der Waals surface area contributed by atoms with E-state index in [1.54, 1.807) is 19.9 Å². The zero-order chi connectivity index (χ0) is 32.0. The molecule has 1 N–H and O–H groups in total. The van der Waals surface area contributed by atoms with Crippen molar-refractivity contribution in [2.24, 2.45) is 11.8 Å². The first-order valence-electron chi connectivity index (χ1n) is 15.2. The number of aromatic nitrogens is 3. The molecule has 2 aliphatic heterocycles. The first kappa shape index (κ1) is 31.0. The van der Waals surface area contributed by atoms with Crippen LogP contribution in [-0.4, -0.2) is 57.7 Å². The van der Waals surface area contributed by atoms with Crippen LogP contribution in [0.3, 0.4) is 0 Å². The summed E-state index contributed by atoms with van der Waals surface area (Å²) >= 11 is 1.10. The maximum Gasteiger partial charge on any atom is 0.393 e. The molecule has 0 aliphatic carbocycles. The topological polar surface area (TPSA) is 90.1 Å². The lowest BCUT2D eigenvalue weighted by Crippen LogP contribution is -2.40. The Morgan fingerprint density at radius 1 is 1.16 bits per heavy atom. The predicted octanol–water partition coefficient (Wildman–Crippen LogP) is 6.24. The number of carbonyl (C=O) groups excluding carboxylic acids is 1. The van der Waals surface area contributed by atoms with Crippen LogP contribution in [0.4, 0.5) is 19.0 Å². The Labute approximate surface area is 264 Å². The van der Waals surface area contributed by atoms with Crippen molar-refractivity contribution in [3.63, 3.8) is 0 Å². The third-order valence-electron chi connectivity index (χ3n) is 9.05. The molecule has 5 heterocycles. The molecule has 0 bridgehead atoms. The number of nitriles is 1. The Hall–Kier alpha value is -3.95. The Balaban J connectivity index is 1.17. The Bertz CT molecular complexity index is 1840. The fourth-order valence-electron chi connectivity index (χ4n) is 6.89. The van der Waals surface area contributed by atoms with Gasteiger partial charge in [-0.05, 0) is 61.4 Å². The van der Waals surface area contributed by atoms with Crippen LogP contribution < -0.4 is 10.2 Å². The van der Waals surface area contributed by atoms with E-state index in [9.17, 15) is 23.2 Å². The molecule has 45 heavy (non-hydrogen) atoms. The van der Waals surface area contributed by atoms with Gasteiger partial charge >= 0.3 is 6.18 Å². The molecule has 2 aliphatic rings. The Kier molecular flexibility index (Phi) is 8.35. The number of carbonyl (C=O) groups is 1. The fraction of sp³-hybridized carbons (Fsp3) is 0.455. The second-order valence-corrected chi connectivity index (χ2v) is 13.4. The van der Waals surface area contributed by atoms with Crippen molar-refractivity contribution in [3.05, 3.63) is 64.1 Å². The van der Waals surface area contributed by atoms with E-state index >= 15 is 0 Å². The number of thiophene rings is 1. The highest BCUT2D eigenvalue weighted by Crippen LogP contribution is 2.39. The van der Waals surface area contributed by atoms with Crippen LogP contribution in [0, 0.1) is 37.0 Å². The zero-order valence-electron chi connectivity index (χ0n) is 25.7.